The Labute approximate surface area is 126 Å². The highest BCUT2D eigenvalue weighted by Gasteiger charge is 2.33. The zero-order chi connectivity index (χ0) is 15.6. The van der Waals surface area contributed by atoms with Crippen molar-refractivity contribution in [3.8, 4) is 5.75 Å². The van der Waals surface area contributed by atoms with Gasteiger partial charge in [-0.25, -0.2) is 9.18 Å². The number of carbonyl (C=O) groups excluding carboxylic acids is 1. The Balaban J connectivity index is 2.59. The van der Waals surface area contributed by atoms with Crippen molar-refractivity contribution in [2.75, 3.05) is 13.2 Å². The lowest BCUT2D eigenvalue weighted by atomic mass is 9.99. The van der Waals surface area contributed by atoms with Gasteiger partial charge in [-0.15, -0.1) is 0 Å². The molecule has 0 radical (unpaired) electrons. The minimum Gasteiger partial charge on any atom is -0.493 e. The second kappa shape index (κ2) is 6.46. The smallest absolute Gasteiger partial charge is 0.407 e. The highest BCUT2D eigenvalue weighted by atomic mass is 35.5. The summed E-state index contributed by atoms with van der Waals surface area (Å²) in [6.45, 7) is 4.04. The molecule has 1 aliphatic rings. The second-order valence-corrected chi connectivity index (χ2v) is 5.01. The Morgan fingerprint density at radius 2 is 2.43 bits per heavy atom. The third-order valence-electron chi connectivity index (χ3n) is 3.24. The average Bonchev–Trinajstić information content (AvgIpc) is 2.88. The summed E-state index contributed by atoms with van der Waals surface area (Å²) in [4.78, 5) is 11.2. The Morgan fingerprint density at radius 1 is 1.71 bits per heavy atom. The van der Waals surface area contributed by atoms with Crippen LogP contribution in [0.4, 0.5) is 9.18 Å². The number of carbonyl (C=O) groups is 1. The fraction of sp³-hybridized carbons (Fsp3) is 0.462. The van der Waals surface area contributed by atoms with Gasteiger partial charge in [0.15, 0.2) is 11.9 Å². The number of halogens is 2. The van der Waals surface area contributed by atoms with E-state index in [4.69, 9.17) is 26.9 Å². The number of nitrogens with two attached hydrogens (primary N) is 1. The summed E-state index contributed by atoms with van der Waals surface area (Å²) >= 11 is 5.95. The van der Waals surface area contributed by atoms with E-state index < -0.39 is 18.0 Å². The zero-order valence-electron chi connectivity index (χ0n) is 11.7. The van der Waals surface area contributed by atoms with E-state index in [1.807, 2.05) is 0 Å². The second-order valence-electron chi connectivity index (χ2n) is 4.60. The van der Waals surface area contributed by atoms with Crippen molar-refractivity contribution in [1.29, 1.82) is 0 Å². The molecule has 6 nitrogen and oxygen atoms in total. The molecule has 1 unspecified atom stereocenters. The molecule has 2 atom stereocenters. The predicted octanol–water partition coefficient (Wildman–Crippen LogP) is 2.18. The van der Waals surface area contributed by atoms with Crippen LogP contribution in [0, 0.1) is 5.82 Å². The standard InChI is InChI=1S/C13H17ClFN3O3/c1-3-20-12-7(6(2)18-16)4-8(14)11(15)10(12)9-5-17-13(19)21-9/h4,6,9,18H,3,5,16H2,1-2H3,(H,17,19)/t6?,9-/m0/s1. The van der Waals surface area contributed by atoms with Gasteiger partial charge in [0, 0.05) is 11.6 Å². The van der Waals surface area contributed by atoms with Gasteiger partial charge < -0.3 is 14.8 Å². The quantitative estimate of drug-likeness (QED) is 0.572. The lowest BCUT2D eigenvalue weighted by Crippen LogP contribution is -2.26. The van der Waals surface area contributed by atoms with Crippen molar-refractivity contribution < 1.29 is 18.7 Å². The monoisotopic (exact) mass is 317 g/mol. The zero-order valence-corrected chi connectivity index (χ0v) is 12.5. The molecule has 0 aromatic heterocycles. The highest BCUT2D eigenvalue weighted by Crippen LogP contribution is 2.40. The maximum absolute atomic E-state index is 14.4. The van der Waals surface area contributed by atoms with Crippen LogP contribution >= 0.6 is 11.6 Å². The molecular weight excluding hydrogens is 301 g/mol. The van der Waals surface area contributed by atoms with Crippen molar-refractivity contribution in [2.24, 2.45) is 5.84 Å². The van der Waals surface area contributed by atoms with Gasteiger partial charge in [-0.05, 0) is 19.9 Å². The molecule has 1 aromatic rings. The van der Waals surface area contributed by atoms with Gasteiger partial charge in [-0.3, -0.25) is 11.3 Å². The molecule has 0 saturated carbocycles. The van der Waals surface area contributed by atoms with Crippen LogP contribution in [0.25, 0.3) is 0 Å². The van der Waals surface area contributed by atoms with Gasteiger partial charge in [0.2, 0.25) is 0 Å². The van der Waals surface area contributed by atoms with E-state index in [1.165, 1.54) is 6.07 Å². The predicted molar refractivity (Wildman–Crippen MR) is 75.5 cm³/mol. The lowest BCUT2D eigenvalue weighted by Gasteiger charge is -2.22. The summed E-state index contributed by atoms with van der Waals surface area (Å²) in [6.07, 6.45) is -1.39. The Morgan fingerprint density at radius 3 is 2.95 bits per heavy atom. The largest absolute Gasteiger partial charge is 0.493 e. The molecule has 2 rings (SSSR count). The van der Waals surface area contributed by atoms with E-state index in [0.717, 1.165) is 0 Å². The van der Waals surface area contributed by atoms with Crippen LogP contribution in [-0.4, -0.2) is 19.2 Å². The van der Waals surface area contributed by atoms with Gasteiger partial charge in [-0.2, -0.15) is 0 Å². The lowest BCUT2D eigenvalue weighted by molar-refractivity contribution is 0.137. The number of benzene rings is 1. The average molecular weight is 318 g/mol. The van der Waals surface area contributed by atoms with E-state index in [-0.39, 0.29) is 23.2 Å². The Kier molecular flexibility index (Phi) is 4.87. The number of nitrogens with one attached hydrogen (secondary N) is 2. The van der Waals surface area contributed by atoms with Crippen LogP contribution in [0.1, 0.15) is 37.1 Å². The fourth-order valence-corrected chi connectivity index (χ4v) is 2.42. The Bertz CT molecular complexity index is 556. The van der Waals surface area contributed by atoms with Gasteiger partial charge in [0.05, 0.1) is 23.7 Å². The molecule has 1 heterocycles. The first-order valence-electron chi connectivity index (χ1n) is 6.54. The number of hydrazine groups is 1. The van der Waals surface area contributed by atoms with Crippen LogP contribution in [0.5, 0.6) is 5.75 Å². The van der Waals surface area contributed by atoms with Crippen LogP contribution in [0.2, 0.25) is 5.02 Å². The SMILES string of the molecule is CCOc1c(C(C)NN)cc(Cl)c(F)c1[C@@H]1CNC(=O)O1. The fourth-order valence-electron chi connectivity index (χ4n) is 2.20. The molecule has 1 saturated heterocycles. The number of hydrogen-bond acceptors (Lipinski definition) is 5. The van der Waals surface area contributed by atoms with Gasteiger partial charge in [0.25, 0.3) is 0 Å². The first-order chi connectivity index (χ1) is 9.99. The molecule has 116 valence electrons. The summed E-state index contributed by atoms with van der Waals surface area (Å²) in [7, 11) is 0. The Hall–Kier alpha value is -1.57. The van der Waals surface area contributed by atoms with Gasteiger partial charge in [-0.1, -0.05) is 11.6 Å². The van der Waals surface area contributed by atoms with Crippen molar-refractivity contribution >= 4 is 17.7 Å². The number of alkyl carbamates (subject to hydrolysis) is 1. The van der Waals surface area contributed by atoms with E-state index in [2.05, 4.69) is 10.7 Å². The molecule has 0 spiro atoms. The molecule has 1 amide bonds. The number of hydrogen-bond donors (Lipinski definition) is 3. The minimum atomic E-state index is -0.790. The molecule has 0 bridgehead atoms. The molecule has 21 heavy (non-hydrogen) atoms. The summed E-state index contributed by atoms with van der Waals surface area (Å²) in [5.41, 5.74) is 3.29. The maximum atomic E-state index is 14.4. The molecule has 1 aliphatic heterocycles. The third kappa shape index (κ3) is 3.04. The topological polar surface area (TPSA) is 85.6 Å². The normalized spacial score (nSPS) is 19.1. The van der Waals surface area contributed by atoms with Crippen LogP contribution in [0.3, 0.4) is 0 Å². The number of rotatable bonds is 5. The minimum absolute atomic E-state index is 0.0755. The molecule has 4 N–H and O–H groups in total. The molecule has 8 heteroatoms. The summed E-state index contributed by atoms with van der Waals surface area (Å²) in [6, 6.07) is 1.15. The van der Waals surface area contributed by atoms with Crippen LogP contribution < -0.4 is 21.3 Å². The number of amides is 1. The highest BCUT2D eigenvalue weighted by molar-refractivity contribution is 6.31. The van der Waals surface area contributed by atoms with E-state index in [9.17, 15) is 9.18 Å². The summed E-state index contributed by atoms with van der Waals surface area (Å²) in [5.74, 6) is 5.08. The van der Waals surface area contributed by atoms with E-state index >= 15 is 0 Å². The van der Waals surface area contributed by atoms with Gasteiger partial charge >= 0.3 is 6.09 Å². The molecular formula is C13H17ClFN3O3. The van der Waals surface area contributed by atoms with Gasteiger partial charge in [0.1, 0.15) is 5.75 Å². The van der Waals surface area contributed by atoms with Crippen molar-refractivity contribution in [3.63, 3.8) is 0 Å². The summed E-state index contributed by atoms with van der Waals surface area (Å²) in [5, 5.41) is 2.40. The third-order valence-corrected chi connectivity index (χ3v) is 3.52. The van der Waals surface area contributed by atoms with Crippen LogP contribution in [-0.2, 0) is 4.74 Å². The van der Waals surface area contributed by atoms with E-state index in [0.29, 0.717) is 17.9 Å². The number of ether oxygens (including phenoxy) is 2. The molecule has 1 fully saturated rings. The van der Waals surface area contributed by atoms with E-state index in [1.54, 1.807) is 13.8 Å². The maximum Gasteiger partial charge on any atom is 0.407 e. The van der Waals surface area contributed by atoms with Crippen molar-refractivity contribution in [1.82, 2.24) is 10.7 Å². The first-order valence-corrected chi connectivity index (χ1v) is 6.92. The summed E-state index contributed by atoms with van der Waals surface area (Å²) < 4.78 is 25.0. The van der Waals surface area contributed by atoms with Crippen molar-refractivity contribution in [3.05, 3.63) is 28.0 Å². The van der Waals surface area contributed by atoms with Crippen molar-refractivity contribution in [2.45, 2.75) is 26.0 Å². The molecule has 0 aliphatic carbocycles. The number of cyclic esters (lactones) is 1. The van der Waals surface area contributed by atoms with Crippen LogP contribution in [0.15, 0.2) is 6.07 Å². The first kappa shape index (κ1) is 15.8. The molecule has 1 aromatic carbocycles.